The maximum atomic E-state index is 13.8. The Labute approximate surface area is 121 Å². The van der Waals surface area contributed by atoms with Gasteiger partial charge in [0.2, 0.25) is 0 Å². The van der Waals surface area contributed by atoms with Crippen LogP contribution in [0.3, 0.4) is 0 Å². The first-order valence-corrected chi connectivity index (χ1v) is 7.07. The second-order valence-electron chi connectivity index (χ2n) is 5.26. The van der Waals surface area contributed by atoms with Crippen LogP contribution in [0.1, 0.15) is 18.4 Å². The number of nitrogens with one attached hydrogen (secondary N) is 1. The summed E-state index contributed by atoms with van der Waals surface area (Å²) in [5, 5.41) is 3.30. The summed E-state index contributed by atoms with van der Waals surface area (Å²) in [6.45, 7) is -0.454. The normalized spacial score (nSPS) is 19.0. The number of anilines is 1. The Hall–Kier alpha value is -1.69. The highest BCUT2D eigenvalue weighted by atomic mass is 19.3. The number of hydrogen-bond donors (Lipinski definition) is 1. The van der Waals surface area contributed by atoms with Crippen molar-refractivity contribution in [2.24, 2.45) is 0 Å². The van der Waals surface area contributed by atoms with Gasteiger partial charge in [0.1, 0.15) is 0 Å². The van der Waals surface area contributed by atoms with Crippen LogP contribution < -0.4 is 15.0 Å². The molecule has 0 unspecified atom stereocenters. The average Bonchev–Trinajstić information content (AvgIpc) is 2.48. The predicted octanol–water partition coefficient (Wildman–Crippen LogP) is 3.01. The van der Waals surface area contributed by atoms with Gasteiger partial charge in [-0.15, -0.1) is 0 Å². The third-order valence-corrected chi connectivity index (χ3v) is 3.96. The summed E-state index contributed by atoms with van der Waals surface area (Å²) in [6.07, 6.45) is 5.75. The first-order valence-electron chi connectivity index (χ1n) is 7.07. The maximum Gasteiger partial charge on any atom is 0.387 e. The van der Waals surface area contributed by atoms with Crippen molar-refractivity contribution < 1.29 is 17.9 Å². The maximum absolute atomic E-state index is 13.8. The van der Waals surface area contributed by atoms with Crippen molar-refractivity contribution in [1.29, 1.82) is 0 Å². The van der Waals surface area contributed by atoms with Crippen molar-refractivity contribution in [3.05, 3.63) is 29.6 Å². The molecule has 0 saturated carbocycles. The van der Waals surface area contributed by atoms with Crippen molar-refractivity contribution >= 4 is 11.8 Å². The van der Waals surface area contributed by atoms with Crippen molar-refractivity contribution in [1.82, 2.24) is 5.32 Å². The van der Waals surface area contributed by atoms with E-state index in [-0.39, 0.29) is 0 Å². The quantitative estimate of drug-likeness (QED) is 0.928. The molecule has 6 heteroatoms. The molecule has 1 aromatic carbocycles. The van der Waals surface area contributed by atoms with Gasteiger partial charge in [-0.05, 0) is 32.0 Å². The molecule has 2 aliphatic heterocycles. The Balaban J connectivity index is 1.93. The molecule has 2 heterocycles. The molecular weight excluding hydrogens is 281 g/mol. The fourth-order valence-corrected chi connectivity index (χ4v) is 2.98. The first-order chi connectivity index (χ1) is 10.1. The summed E-state index contributed by atoms with van der Waals surface area (Å²) in [5.74, 6) is -1.15. The summed E-state index contributed by atoms with van der Waals surface area (Å²) in [6, 6.07) is 2.99. The lowest BCUT2D eigenvalue weighted by molar-refractivity contribution is -0.0521. The minimum absolute atomic E-state index is 0.333. The Kier molecular flexibility index (Phi) is 4.05. The van der Waals surface area contributed by atoms with Crippen LogP contribution >= 0.6 is 0 Å². The molecule has 3 nitrogen and oxygen atoms in total. The van der Waals surface area contributed by atoms with Crippen molar-refractivity contribution in [2.75, 3.05) is 24.5 Å². The van der Waals surface area contributed by atoms with Gasteiger partial charge < -0.3 is 15.0 Å². The van der Waals surface area contributed by atoms with Crippen LogP contribution in [0, 0.1) is 5.82 Å². The molecule has 114 valence electrons. The topological polar surface area (TPSA) is 24.5 Å². The molecule has 0 aliphatic carbocycles. The summed E-state index contributed by atoms with van der Waals surface area (Å²) < 4.78 is 42.8. The summed E-state index contributed by atoms with van der Waals surface area (Å²) in [7, 11) is 0. The van der Waals surface area contributed by atoms with Crippen molar-refractivity contribution in [2.45, 2.75) is 25.5 Å². The van der Waals surface area contributed by atoms with E-state index in [2.05, 4.69) is 15.0 Å². The first kappa shape index (κ1) is 14.3. The summed E-state index contributed by atoms with van der Waals surface area (Å²) in [4.78, 5) is 2.15. The van der Waals surface area contributed by atoms with Gasteiger partial charge in [-0.2, -0.15) is 8.78 Å². The molecule has 21 heavy (non-hydrogen) atoms. The predicted molar refractivity (Wildman–Crippen MR) is 75.3 cm³/mol. The van der Waals surface area contributed by atoms with Crippen LogP contribution in [0.25, 0.3) is 6.08 Å². The van der Waals surface area contributed by atoms with Gasteiger partial charge in [0.15, 0.2) is 11.6 Å². The fraction of sp³-hybridized carbons (Fsp3) is 0.467. The standard InChI is InChI=1S/C15H17F3N2O/c16-12-8-10-2-1-7-20(11-3-5-19-6-4-11)13(10)9-14(12)21-15(17)18/h1-2,8-9,11,15,19H,3-7H2. The van der Waals surface area contributed by atoms with E-state index in [0.717, 1.165) is 31.6 Å². The number of alkyl halides is 2. The van der Waals surface area contributed by atoms with Gasteiger partial charge in [-0.1, -0.05) is 12.2 Å². The number of ether oxygens (including phenoxy) is 1. The summed E-state index contributed by atoms with van der Waals surface area (Å²) in [5.41, 5.74) is 1.47. The van der Waals surface area contributed by atoms with E-state index in [9.17, 15) is 13.2 Å². The molecule has 0 spiro atoms. The molecule has 2 aliphatic rings. The Morgan fingerprint density at radius 1 is 1.24 bits per heavy atom. The molecule has 1 fully saturated rings. The highest BCUT2D eigenvalue weighted by molar-refractivity contribution is 5.73. The Morgan fingerprint density at radius 3 is 2.71 bits per heavy atom. The van der Waals surface area contributed by atoms with Crippen LogP contribution in [-0.2, 0) is 0 Å². The van der Waals surface area contributed by atoms with Gasteiger partial charge in [-0.25, -0.2) is 4.39 Å². The van der Waals surface area contributed by atoms with Crippen LogP contribution in [0.4, 0.5) is 18.9 Å². The number of benzene rings is 1. The lowest BCUT2D eigenvalue weighted by atomic mass is 9.99. The SMILES string of the molecule is Fc1cc2c(cc1OC(F)F)N(C1CCNCC1)CC=C2. The average molecular weight is 298 g/mol. The van der Waals surface area contributed by atoms with Crippen LogP contribution in [0.15, 0.2) is 18.2 Å². The van der Waals surface area contributed by atoms with Gasteiger partial charge in [0.25, 0.3) is 0 Å². The van der Waals surface area contributed by atoms with E-state index in [4.69, 9.17) is 0 Å². The largest absolute Gasteiger partial charge is 0.432 e. The third kappa shape index (κ3) is 3.00. The Bertz CT molecular complexity index is 542. The van der Waals surface area contributed by atoms with Gasteiger partial charge in [0.05, 0.1) is 0 Å². The molecule has 0 amide bonds. The zero-order valence-corrected chi connectivity index (χ0v) is 11.5. The van der Waals surface area contributed by atoms with Gasteiger partial charge in [0, 0.05) is 29.9 Å². The smallest absolute Gasteiger partial charge is 0.387 e. The third-order valence-electron chi connectivity index (χ3n) is 3.96. The van der Waals surface area contributed by atoms with E-state index in [1.54, 1.807) is 0 Å². The molecule has 1 saturated heterocycles. The number of hydrogen-bond acceptors (Lipinski definition) is 3. The molecule has 0 bridgehead atoms. The van der Waals surface area contributed by atoms with Gasteiger partial charge in [-0.3, -0.25) is 0 Å². The number of halogens is 3. The molecule has 0 atom stereocenters. The second kappa shape index (κ2) is 5.97. The highest BCUT2D eigenvalue weighted by Crippen LogP contribution is 2.35. The van der Waals surface area contributed by atoms with Crippen LogP contribution in [0.5, 0.6) is 5.75 Å². The van der Waals surface area contributed by atoms with Crippen molar-refractivity contribution in [3.8, 4) is 5.75 Å². The zero-order chi connectivity index (χ0) is 14.8. The lowest BCUT2D eigenvalue weighted by Crippen LogP contribution is -2.44. The lowest BCUT2D eigenvalue weighted by Gasteiger charge is -2.38. The van der Waals surface area contributed by atoms with Crippen LogP contribution in [0.2, 0.25) is 0 Å². The molecule has 3 rings (SSSR count). The molecular formula is C15H17F3N2O. The monoisotopic (exact) mass is 298 g/mol. The van der Waals surface area contributed by atoms with E-state index in [0.29, 0.717) is 18.2 Å². The van der Waals surface area contributed by atoms with E-state index in [1.165, 1.54) is 12.1 Å². The van der Waals surface area contributed by atoms with Crippen LogP contribution in [-0.4, -0.2) is 32.3 Å². The van der Waals surface area contributed by atoms with Crippen molar-refractivity contribution in [3.63, 3.8) is 0 Å². The number of rotatable bonds is 3. The Morgan fingerprint density at radius 2 is 2.00 bits per heavy atom. The zero-order valence-electron chi connectivity index (χ0n) is 11.5. The number of fused-ring (bicyclic) bond motifs is 1. The minimum Gasteiger partial charge on any atom is -0.432 e. The minimum atomic E-state index is -3.02. The second-order valence-corrected chi connectivity index (χ2v) is 5.26. The molecule has 1 N–H and O–H groups in total. The summed E-state index contributed by atoms with van der Waals surface area (Å²) >= 11 is 0. The molecule has 1 aromatic rings. The molecule has 0 aromatic heterocycles. The molecule has 0 radical (unpaired) electrons. The highest BCUT2D eigenvalue weighted by Gasteiger charge is 2.25. The number of piperidine rings is 1. The van der Waals surface area contributed by atoms with E-state index in [1.807, 2.05) is 12.2 Å². The fourth-order valence-electron chi connectivity index (χ4n) is 2.98. The number of nitrogens with zero attached hydrogens (tertiary/aromatic N) is 1. The van der Waals surface area contributed by atoms with Gasteiger partial charge >= 0.3 is 6.61 Å². The van der Waals surface area contributed by atoms with E-state index >= 15 is 0 Å². The van der Waals surface area contributed by atoms with E-state index < -0.39 is 18.2 Å².